The molecule has 24 heavy (non-hydrogen) atoms. The number of aryl methyl sites for hydroxylation is 2. The van der Waals surface area contributed by atoms with E-state index in [9.17, 15) is 0 Å². The first-order valence-electron chi connectivity index (χ1n) is 8.68. The van der Waals surface area contributed by atoms with E-state index in [0.29, 0.717) is 5.92 Å². The van der Waals surface area contributed by atoms with Crippen molar-refractivity contribution in [3.63, 3.8) is 0 Å². The molecule has 0 radical (unpaired) electrons. The van der Waals surface area contributed by atoms with E-state index in [4.69, 9.17) is 0 Å². The maximum absolute atomic E-state index is 4.56. The number of aromatic nitrogens is 1. The zero-order valence-corrected chi connectivity index (χ0v) is 18.5. The zero-order valence-electron chi connectivity index (χ0n) is 15.4. The van der Waals surface area contributed by atoms with Gasteiger partial charge in [-0.05, 0) is 45.7 Å². The maximum atomic E-state index is 4.56. The third-order valence-electron chi connectivity index (χ3n) is 4.34. The molecule has 7 heteroatoms. The molecule has 5 nitrogen and oxygen atoms in total. The number of aliphatic imine (C=N–C) groups is 1. The molecule has 1 aromatic rings. The lowest BCUT2D eigenvalue weighted by atomic mass is 10.1. The van der Waals surface area contributed by atoms with Crippen LogP contribution in [0, 0.1) is 19.8 Å². The van der Waals surface area contributed by atoms with Crippen LogP contribution >= 0.6 is 35.3 Å². The van der Waals surface area contributed by atoms with Crippen LogP contribution in [-0.2, 0) is 6.54 Å². The number of rotatable bonds is 6. The number of thiazole rings is 1. The second-order valence-corrected chi connectivity index (χ2v) is 7.81. The van der Waals surface area contributed by atoms with Crippen molar-refractivity contribution in [3.8, 4) is 0 Å². The van der Waals surface area contributed by atoms with E-state index in [0.717, 1.165) is 29.8 Å². The van der Waals surface area contributed by atoms with Gasteiger partial charge in [0, 0.05) is 25.0 Å². The molecule has 1 aromatic heterocycles. The van der Waals surface area contributed by atoms with E-state index in [-0.39, 0.29) is 24.0 Å². The van der Waals surface area contributed by atoms with Crippen molar-refractivity contribution in [1.29, 1.82) is 0 Å². The Bertz CT molecular complexity index is 492. The van der Waals surface area contributed by atoms with Crippen molar-refractivity contribution in [2.45, 2.75) is 46.6 Å². The molecule has 1 aliphatic rings. The van der Waals surface area contributed by atoms with Crippen LogP contribution in [0.2, 0.25) is 0 Å². The Balaban J connectivity index is 0.00000288. The van der Waals surface area contributed by atoms with Crippen molar-refractivity contribution >= 4 is 41.3 Å². The first-order valence-corrected chi connectivity index (χ1v) is 9.50. The van der Waals surface area contributed by atoms with Gasteiger partial charge in [0.05, 0.1) is 12.2 Å². The Morgan fingerprint density at radius 3 is 2.54 bits per heavy atom. The van der Waals surface area contributed by atoms with E-state index in [1.54, 1.807) is 11.3 Å². The summed E-state index contributed by atoms with van der Waals surface area (Å²) in [6.07, 6.45) is 4.11. The number of piperidine rings is 1. The summed E-state index contributed by atoms with van der Waals surface area (Å²) in [4.78, 5) is 12.7. The fourth-order valence-electron chi connectivity index (χ4n) is 2.91. The van der Waals surface area contributed by atoms with Gasteiger partial charge in [-0.25, -0.2) is 4.98 Å². The van der Waals surface area contributed by atoms with Gasteiger partial charge in [-0.15, -0.1) is 35.3 Å². The topological polar surface area (TPSA) is 52.6 Å². The summed E-state index contributed by atoms with van der Waals surface area (Å²) in [5.41, 5.74) is 1.13. The monoisotopic (exact) mass is 465 g/mol. The van der Waals surface area contributed by atoms with Gasteiger partial charge in [0.15, 0.2) is 5.96 Å². The number of hydrogen-bond acceptors (Lipinski definition) is 4. The van der Waals surface area contributed by atoms with E-state index in [1.165, 1.54) is 43.8 Å². The number of halogens is 1. The summed E-state index contributed by atoms with van der Waals surface area (Å²) in [5.74, 6) is 1.48. The van der Waals surface area contributed by atoms with Gasteiger partial charge in [0.25, 0.3) is 0 Å². The van der Waals surface area contributed by atoms with Gasteiger partial charge in [-0.2, -0.15) is 0 Å². The number of hydrogen-bond donors (Lipinski definition) is 2. The molecule has 1 aliphatic heterocycles. The van der Waals surface area contributed by atoms with Crippen molar-refractivity contribution < 1.29 is 0 Å². The molecule has 0 spiro atoms. The molecule has 0 amide bonds. The van der Waals surface area contributed by atoms with Crippen LogP contribution in [0.25, 0.3) is 0 Å². The van der Waals surface area contributed by atoms with E-state index >= 15 is 0 Å². The van der Waals surface area contributed by atoms with Crippen LogP contribution < -0.4 is 10.6 Å². The Morgan fingerprint density at radius 2 is 1.96 bits per heavy atom. The fourth-order valence-corrected chi connectivity index (χ4v) is 3.79. The first kappa shape index (κ1) is 21.6. The fraction of sp³-hybridized carbons (Fsp3) is 0.765. The van der Waals surface area contributed by atoms with Crippen LogP contribution in [0.5, 0.6) is 0 Å². The summed E-state index contributed by atoms with van der Waals surface area (Å²) in [5, 5.41) is 7.91. The Kier molecular flexibility index (Phi) is 10.1. The number of likely N-dealkylation sites (tertiary alicyclic amines) is 1. The summed E-state index contributed by atoms with van der Waals surface area (Å²) >= 11 is 1.75. The zero-order chi connectivity index (χ0) is 16.7. The van der Waals surface area contributed by atoms with Crippen molar-refractivity contribution in [2.24, 2.45) is 10.9 Å². The minimum absolute atomic E-state index is 0. The third-order valence-corrected chi connectivity index (χ3v) is 5.41. The molecule has 0 saturated carbocycles. The minimum atomic E-state index is 0. The van der Waals surface area contributed by atoms with Crippen molar-refractivity contribution in [1.82, 2.24) is 20.5 Å². The molecule has 2 N–H and O–H groups in total. The van der Waals surface area contributed by atoms with Gasteiger partial charge in [-0.1, -0.05) is 13.3 Å². The van der Waals surface area contributed by atoms with Gasteiger partial charge >= 0.3 is 0 Å². The Morgan fingerprint density at radius 1 is 1.25 bits per heavy atom. The first-order chi connectivity index (χ1) is 11.1. The van der Waals surface area contributed by atoms with Gasteiger partial charge in [0.1, 0.15) is 5.01 Å². The summed E-state index contributed by atoms with van der Waals surface area (Å²) < 4.78 is 0. The highest BCUT2D eigenvalue weighted by Gasteiger charge is 2.13. The smallest absolute Gasteiger partial charge is 0.191 e. The molecule has 0 aliphatic carbocycles. The lowest BCUT2D eigenvalue weighted by molar-refractivity contribution is 0.201. The molecular weight excluding hydrogens is 433 g/mol. The van der Waals surface area contributed by atoms with Gasteiger partial charge in [-0.3, -0.25) is 4.99 Å². The highest BCUT2D eigenvalue weighted by atomic mass is 127. The SMILES string of the molecule is CN=C(NCc1nc(C)c(C)s1)NCC(C)CN1CCCCC1.I. The molecule has 1 fully saturated rings. The van der Waals surface area contributed by atoms with E-state index in [2.05, 4.69) is 46.3 Å². The van der Waals surface area contributed by atoms with Crippen LogP contribution in [0.1, 0.15) is 41.8 Å². The third kappa shape index (κ3) is 7.23. The Labute approximate surface area is 167 Å². The summed E-state index contributed by atoms with van der Waals surface area (Å²) in [7, 11) is 1.82. The van der Waals surface area contributed by atoms with Crippen LogP contribution in [-0.4, -0.2) is 49.1 Å². The van der Waals surface area contributed by atoms with E-state index in [1.807, 2.05) is 7.05 Å². The summed E-state index contributed by atoms with van der Waals surface area (Å²) in [6.45, 7) is 11.9. The molecule has 2 heterocycles. The predicted octanol–water partition coefficient (Wildman–Crippen LogP) is 3.16. The lowest BCUT2D eigenvalue weighted by Gasteiger charge is -2.29. The van der Waals surface area contributed by atoms with Gasteiger partial charge in [0.2, 0.25) is 0 Å². The molecule has 1 saturated heterocycles. The second-order valence-electron chi connectivity index (χ2n) is 6.52. The van der Waals surface area contributed by atoms with Crippen LogP contribution in [0.15, 0.2) is 4.99 Å². The number of nitrogens with zero attached hydrogens (tertiary/aromatic N) is 3. The standard InChI is InChI=1S/C17H31N5S.HI/c1-13(12-22-8-6-5-7-9-22)10-19-17(18-4)20-11-16-21-14(2)15(3)23-16;/h13H,5-12H2,1-4H3,(H2,18,19,20);1H. The van der Waals surface area contributed by atoms with Gasteiger partial charge < -0.3 is 15.5 Å². The molecule has 1 unspecified atom stereocenters. The lowest BCUT2D eigenvalue weighted by Crippen LogP contribution is -2.42. The highest BCUT2D eigenvalue weighted by molar-refractivity contribution is 14.0. The van der Waals surface area contributed by atoms with E-state index < -0.39 is 0 Å². The normalized spacial score (nSPS) is 17.2. The van der Waals surface area contributed by atoms with Crippen LogP contribution in [0.4, 0.5) is 0 Å². The van der Waals surface area contributed by atoms with Crippen molar-refractivity contribution in [3.05, 3.63) is 15.6 Å². The highest BCUT2D eigenvalue weighted by Crippen LogP contribution is 2.15. The quantitative estimate of drug-likeness (QED) is 0.385. The number of nitrogens with one attached hydrogen (secondary N) is 2. The molecule has 1 atom stereocenters. The molecule has 138 valence electrons. The van der Waals surface area contributed by atoms with Crippen molar-refractivity contribution in [2.75, 3.05) is 33.2 Å². The molecule has 0 aromatic carbocycles. The largest absolute Gasteiger partial charge is 0.356 e. The molecule has 0 bridgehead atoms. The summed E-state index contributed by atoms with van der Waals surface area (Å²) in [6, 6.07) is 0. The number of guanidine groups is 1. The second kappa shape index (κ2) is 11.3. The predicted molar refractivity (Wildman–Crippen MR) is 115 cm³/mol. The Hall–Kier alpha value is -0.410. The average molecular weight is 465 g/mol. The minimum Gasteiger partial charge on any atom is -0.356 e. The molecule has 2 rings (SSSR count). The average Bonchev–Trinajstić information content (AvgIpc) is 2.87. The molecular formula is C17H32IN5S. The maximum Gasteiger partial charge on any atom is 0.191 e. The van der Waals surface area contributed by atoms with Crippen LogP contribution in [0.3, 0.4) is 0 Å².